The predicted molar refractivity (Wildman–Crippen MR) is 110 cm³/mol. The highest BCUT2D eigenvalue weighted by molar-refractivity contribution is 6.35. The molecule has 0 saturated carbocycles. The van der Waals surface area contributed by atoms with Crippen LogP contribution in [0.15, 0.2) is 36.4 Å². The molecule has 27 heavy (non-hydrogen) atoms. The number of hydrogen-bond acceptors (Lipinski definition) is 4. The highest BCUT2D eigenvalue weighted by Gasteiger charge is 2.19. The summed E-state index contributed by atoms with van der Waals surface area (Å²) in [4.78, 5) is 12.9. The maximum atomic E-state index is 6.30. The van der Waals surface area contributed by atoms with E-state index in [0.29, 0.717) is 5.02 Å². The molecule has 0 amide bonds. The molecule has 2 heterocycles. The molecule has 0 unspecified atom stereocenters. The Morgan fingerprint density at radius 3 is 2.44 bits per heavy atom. The van der Waals surface area contributed by atoms with E-state index in [0.717, 1.165) is 72.5 Å². The number of benzene rings is 2. The third-order valence-electron chi connectivity index (χ3n) is 4.99. The second-order valence-electron chi connectivity index (χ2n) is 6.85. The average Bonchev–Trinajstić information content (AvgIpc) is 3.06. The molecular weight excluding hydrogens is 383 g/mol. The number of ether oxygens (including phenoxy) is 1. The Balaban J connectivity index is 1.34. The molecule has 0 spiro atoms. The van der Waals surface area contributed by atoms with Gasteiger partial charge in [0, 0.05) is 48.8 Å². The number of piperazine rings is 1. The van der Waals surface area contributed by atoms with Crippen molar-refractivity contribution in [3.8, 4) is 5.75 Å². The lowest BCUT2D eigenvalue weighted by Gasteiger charge is -2.34. The summed E-state index contributed by atoms with van der Waals surface area (Å²) in [6.45, 7) is 5.71. The van der Waals surface area contributed by atoms with Gasteiger partial charge >= 0.3 is 0 Å². The van der Waals surface area contributed by atoms with Crippen LogP contribution in [-0.4, -0.2) is 53.1 Å². The molecule has 1 saturated heterocycles. The van der Waals surface area contributed by atoms with Crippen LogP contribution < -0.4 is 4.74 Å². The zero-order chi connectivity index (χ0) is 18.8. The number of aromatic nitrogens is 2. The van der Waals surface area contributed by atoms with E-state index in [4.69, 9.17) is 32.9 Å². The molecule has 142 valence electrons. The largest absolute Gasteiger partial charge is 0.497 e. The van der Waals surface area contributed by atoms with E-state index in [1.54, 1.807) is 7.11 Å². The fourth-order valence-electron chi connectivity index (χ4n) is 3.45. The second-order valence-corrected chi connectivity index (χ2v) is 7.70. The third kappa shape index (κ3) is 4.38. The highest BCUT2D eigenvalue weighted by Crippen LogP contribution is 2.23. The molecule has 2 aromatic carbocycles. The quantitative estimate of drug-likeness (QED) is 0.691. The number of rotatable bonds is 5. The van der Waals surface area contributed by atoms with Gasteiger partial charge in [-0.2, -0.15) is 0 Å². The van der Waals surface area contributed by atoms with Gasteiger partial charge in [-0.05, 0) is 29.8 Å². The molecule has 7 heteroatoms. The number of fused-ring (bicyclic) bond motifs is 1. The molecule has 5 nitrogen and oxygen atoms in total. The number of halogens is 2. The van der Waals surface area contributed by atoms with Crippen molar-refractivity contribution in [1.82, 2.24) is 19.8 Å². The van der Waals surface area contributed by atoms with Gasteiger partial charge in [-0.15, -0.1) is 0 Å². The van der Waals surface area contributed by atoms with E-state index in [1.807, 2.05) is 36.4 Å². The van der Waals surface area contributed by atoms with E-state index in [9.17, 15) is 0 Å². The van der Waals surface area contributed by atoms with E-state index in [2.05, 4.69) is 14.8 Å². The zero-order valence-electron chi connectivity index (χ0n) is 15.2. The fraction of sp³-hybridized carbons (Fsp3) is 0.350. The number of aromatic amines is 1. The van der Waals surface area contributed by atoms with Crippen molar-refractivity contribution in [2.24, 2.45) is 0 Å². The van der Waals surface area contributed by atoms with Crippen LogP contribution >= 0.6 is 23.2 Å². The summed E-state index contributed by atoms with van der Waals surface area (Å²) in [5.74, 6) is 1.83. The van der Waals surface area contributed by atoms with Crippen LogP contribution in [0.5, 0.6) is 5.75 Å². The molecule has 0 radical (unpaired) electrons. The van der Waals surface area contributed by atoms with Crippen molar-refractivity contribution < 1.29 is 4.74 Å². The highest BCUT2D eigenvalue weighted by atomic mass is 35.5. The Bertz CT molecular complexity index is 935. The van der Waals surface area contributed by atoms with Crippen LogP contribution in [0.2, 0.25) is 10.0 Å². The summed E-state index contributed by atoms with van der Waals surface area (Å²) < 4.78 is 5.28. The number of methoxy groups -OCH3 is 1. The molecule has 0 aliphatic carbocycles. The van der Waals surface area contributed by atoms with Gasteiger partial charge in [0.15, 0.2) is 0 Å². The predicted octanol–water partition coefficient (Wildman–Crippen LogP) is 4.20. The van der Waals surface area contributed by atoms with Crippen molar-refractivity contribution in [3.05, 3.63) is 57.8 Å². The molecule has 0 atom stereocenters. The summed E-state index contributed by atoms with van der Waals surface area (Å²) in [6.07, 6.45) is 0. The van der Waals surface area contributed by atoms with E-state index >= 15 is 0 Å². The maximum absolute atomic E-state index is 6.30. The Kier molecular flexibility index (Phi) is 5.55. The van der Waals surface area contributed by atoms with Crippen LogP contribution in [0.1, 0.15) is 11.4 Å². The van der Waals surface area contributed by atoms with Gasteiger partial charge in [0.05, 0.1) is 24.7 Å². The first-order valence-corrected chi connectivity index (χ1v) is 9.77. The molecule has 1 N–H and O–H groups in total. The average molecular weight is 405 g/mol. The van der Waals surface area contributed by atoms with Gasteiger partial charge in [0.1, 0.15) is 11.6 Å². The maximum Gasteiger partial charge on any atom is 0.121 e. The van der Waals surface area contributed by atoms with Crippen molar-refractivity contribution in [2.75, 3.05) is 33.3 Å². The van der Waals surface area contributed by atoms with Crippen molar-refractivity contribution >= 4 is 34.2 Å². The number of nitrogens with zero attached hydrogens (tertiary/aromatic N) is 3. The van der Waals surface area contributed by atoms with E-state index in [-0.39, 0.29) is 0 Å². The lowest BCUT2D eigenvalue weighted by molar-refractivity contribution is 0.120. The molecule has 0 bridgehead atoms. The standard InChI is InChI=1S/C20H22Cl2N4O/c1-27-16-4-5-18-19(11-16)24-20(23-18)13-26-8-6-25(7-9-26)12-14-2-3-15(21)10-17(14)22/h2-5,10-11H,6-9,12-13H2,1H3,(H,23,24). The SMILES string of the molecule is COc1ccc2nc(CN3CCN(Cc4ccc(Cl)cc4Cl)CC3)[nH]c2c1. The van der Waals surface area contributed by atoms with Crippen LogP contribution in [0, 0.1) is 0 Å². The normalized spacial score (nSPS) is 16.1. The molecule has 1 fully saturated rings. The molecule has 4 rings (SSSR count). The van der Waals surface area contributed by atoms with Gasteiger partial charge < -0.3 is 9.72 Å². The van der Waals surface area contributed by atoms with Crippen molar-refractivity contribution in [2.45, 2.75) is 13.1 Å². The Hall–Kier alpha value is -1.79. The van der Waals surface area contributed by atoms with E-state index < -0.39 is 0 Å². The lowest BCUT2D eigenvalue weighted by Crippen LogP contribution is -2.45. The Labute approximate surface area is 168 Å². The molecule has 1 aliphatic heterocycles. The van der Waals surface area contributed by atoms with Gasteiger partial charge in [-0.3, -0.25) is 9.80 Å². The van der Waals surface area contributed by atoms with Crippen molar-refractivity contribution in [1.29, 1.82) is 0 Å². The smallest absolute Gasteiger partial charge is 0.121 e. The van der Waals surface area contributed by atoms with Crippen molar-refractivity contribution in [3.63, 3.8) is 0 Å². The van der Waals surface area contributed by atoms with Crippen LogP contribution in [-0.2, 0) is 13.1 Å². The molecule has 1 aliphatic rings. The first kappa shape index (κ1) is 18.6. The number of H-pyrrole nitrogens is 1. The first-order valence-electron chi connectivity index (χ1n) is 9.02. The number of hydrogen-bond donors (Lipinski definition) is 1. The minimum absolute atomic E-state index is 0.678. The van der Waals surface area contributed by atoms with E-state index in [1.165, 1.54) is 0 Å². The number of nitrogens with one attached hydrogen (secondary N) is 1. The van der Waals surface area contributed by atoms with Gasteiger partial charge in [-0.1, -0.05) is 29.3 Å². The topological polar surface area (TPSA) is 44.4 Å². The molecule has 1 aromatic heterocycles. The minimum Gasteiger partial charge on any atom is -0.497 e. The van der Waals surface area contributed by atoms with Gasteiger partial charge in [0.2, 0.25) is 0 Å². The van der Waals surface area contributed by atoms with Gasteiger partial charge in [-0.25, -0.2) is 4.98 Å². The number of imidazole rings is 1. The zero-order valence-corrected chi connectivity index (χ0v) is 16.7. The minimum atomic E-state index is 0.678. The summed E-state index contributed by atoms with van der Waals surface area (Å²) in [5, 5.41) is 1.42. The summed E-state index contributed by atoms with van der Waals surface area (Å²) in [7, 11) is 1.68. The van der Waals surface area contributed by atoms with Crippen LogP contribution in [0.25, 0.3) is 11.0 Å². The summed E-state index contributed by atoms with van der Waals surface area (Å²) in [5.41, 5.74) is 3.11. The lowest BCUT2D eigenvalue weighted by atomic mass is 10.2. The molecule has 3 aromatic rings. The first-order chi connectivity index (χ1) is 13.1. The monoisotopic (exact) mass is 404 g/mol. The van der Waals surface area contributed by atoms with Crippen LogP contribution in [0.3, 0.4) is 0 Å². The second kappa shape index (κ2) is 8.07. The fourth-order valence-corrected chi connectivity index (χ4v) is 3.92. The Morgan fingerprint density at radius 1 is 1.00 bits per heavy atom. The Morgan fingerprint density at radius 2 is 1.74 bits per heavy atom. The summed E-state index contributed by atoms with van der Waals surface area (Å²) >= 11 is 12.3. The summed E-state index contributed by atoms with van der Waals surface area (Å²) in [6, 6.07) is 11.6. The van der Waals surface area contributed by atoms with Crippen LogP contribution in [0.4, 0.5) is 0 Å². The molecular formula is C20H22Cl2N4O. The third-order valence-corrected chi connectivity index (χ3v) is 5.57. The van der Waals surface area contributed by atoms with Gasteiger partial charge in [0.25, 0.3) is 0 Å².